The Morgan fingerprint density at radius 1 is 1.13 bits per heavy atom. The average Bonchev–Trinajstić information content (AvgIpc) is 2.97. The zero-order valence-electron chi connectivity index (χ0n) is 12.5. The van der Waals surface area contributed by atoms with Crippen molar-refractivity contribution in [1.29, 1.82) is 0 Å². The highest BCUT2D eigenvalue weighted by molar-refractivity contribution is 5.94. The molecule has 23 heavy (non-hydrogen) atoms. The topological polar surface area (TPSA) is 86.0 Å². The van der Waals surface area contributed by atoms with Gasteiger partial charge < -0.3 is 14.6 Å². The quantitative estimate of drug-likeness (QED) is 0.752. The molecule has 0 radical (unpaired) electrons. The number of hydrogen-bond donors (Lipinski definition) is 1. The summed E-state index contributed by atoms with van der Waals surface area (Å²) in [6, 6.07) is 10.4. The first-order valence-corrected chi connectivity index (χ1v) is 7.10. The van der Waals surface area contributed by atoms with Gasteiger partial charge in [0.05, 0.1) is 6.61 Å². The smallest absolute Gasteiger partial charge is 0.339 e. The monoisotopic (exact) mass is 313 g/mol. The van der Waals surface area contributed by atoms with E-state index in [1.165, 1.54) is 6.07 Å². The molecule has 2 heterocycles. The second-order valence-electron chi connectivity index (χ2n) is 4.73. The van der Waals surface area contributed by atoms with E-state index in [0.717, 1.165) is 5.75 Å². The lowest BCUT2D eigenvalue weighted by Crippen LogP contribution is -2.04. The van der Waals surface area contributed by atoms with Gasteiger partial charge in [0.2, 0.25) is 0 Å². The van der Waals surface area contributed by atoms with E-state index in [-0.39, 0.29) is 12.2 Å². The number of aromatic carboxylic acids is 1. The van der Waals surface area contributed by atoms with Gasteiger partial charge in [-0.2, -0.15) is 0 Å². The van der Waals surface area contributed by atoms with Crippen LogP contribution in [0.5, 0.6) is 11.5 Å². The number of carboxylic acid groups (broad SMARTS) is 1. The van der Waals surface area contributed by atoms with Crippen molar-refractivity contribution >= 4 is 11.6 Å². The summed E-state index contributed by atoms with van der Waals surface area (Å²) in [6.45, 7) is 2.71. The van der Waals surface area contributed by atoms with Crippen molar-refractivity contribution in [3.63, 3.8) is 0 Å². The minimum absolute atomic E-state index is 0.104. The van der Waals surface area contributed by atoms with Gasteiger partial charge >= 0.3 is 5.97 Å². The van der Waals surface area contributed by atoms with E-state index < -0.39 is 5.97 Å². The molecule has 1 N–H and O–H groups in total. The normalized spacial score (nSPS) is 10.7. The molecule has 3 rings (SSSR count). The summed E-state index contributed by atoms with van der Waals surface area (Å²) in [4.78, 5) is 11.2. The molecular weight excluding hydrogens is 298 g/mol. The highest BCUT2D eigenvalue weighted by Crippen LogP contribution is 2.19. The summed E-state index contributed by atoms with van der Waals surface area (Å²) in [5.74, 6) is 0.928. The van der Waals surface area contributed by atoms with Gasteiger partial charge in [0, 0.05) is 6.20 Å². The molecule has 0 fully saturated rings. The number of rotatable bonds is 6. The number of nitrogens with zero attached hydrogens (tertiary/aromatic N) is 3. The van der Waals surface area contributed by atoms with Crippen LogP contribution in [0.4, 0.5) is 0 Å². The third-order valence-corrected chi connectivity index (χ3v) is 3.24. The predicted octanol–water partition coefficient (Wildman–Crippen LogP) is 2.41. The second kappa shape index (κ2) is 6.35. The number of benzene rings is 1. The van der Waals surface area contributed by atoms with E-state index in [9.17, 15) is 4.79 Å². The van der Waals surface area contributed by atoms with E-state index in [2.05, 4.69) is 10.2 Å². The van der Waals surface area contributed by atoms with E-state index in [4.69, 9.17) is 14.6 Å². The van der Waals surface area contributed by atoms with Gasteiger partial charge in [0.15, 0.2) is 11.5 Å². The Balaban J connectivity index is 1.77. The van der Waals surface area contributed by atoms with E-state index >= 15 is 0 Å². The molecule has 0 spiro atoms. The summed E-state index contributed by atoms with van der Waals surface area (Å²) in [5.41, 5.74) is 0.401. The molecule has 0 aliphatic heterocycles. The maximum atomic E-state index is 11.2. The Morgan fingerprint density at radius 2 is 1.83 bits per heavy atom. The van der Waals surface area contributed by atoms with Crippen LogP contribution in [-0.2, 0) is 6.61 Å². The van der Waals surface area contributed by atoms with E-state index in [1.807, 2.05) is 19.1 Å². The zero-order chi connectivity index (χ0) is 16.2. The molecule has 0 bridgehead atoms. The van der Waals surface area contributed by atoms with Crippen LogP contribution in [0.1, 0.15) is 23.1 Å². The molecular formula is C16H15N3O4. The number of fused-ring (bicyclic) bond motifs is 1. The van der Waals surface area contributed by atoms with Crippen molar-refractivity contribution in [2.45, 2.75) is 13.5 Å². The number of pyridine rings is 1. The number of carboxylic acids is 1. The predicted molar refractivity (Wildman–Crippen MR) is 81.9 cm³/mol. The third kappa shape index (κ3) is 3.08. The largest absolute Gasteiger partial charge is 0.494 e. The first kappa shape index (κ1) is 14.8. The van der Waals surface area contributed by atoms with Crippen LogP contribution in [-0.4, -0.2) is 32.3 Å². The molecule has 0 atom stereocenters. The van der Waals surface area contributed by atoms with Crippen LogP contribution >= 0.6 is 0 Å². The number of carbonyl (C=O) groups is 1. The van der Waals surface area contributed by atoms with Crippen LogP contribution in [0.15, 0.2) is 42.6 Å². The molecule has 7 heteroatoms. The Hall–Kier alpha value is -3.09. The van der Waals surface area contributed by atoms with Crippen molar-refractivity contribution in [1.82, 2.24) is 14.6 Å². The molecule has 3 aromatic rings. The lowest BCUT2D eigenvalue weighted by Gasteiger charge is -2.07. The van der Waals surface area contributed by atoms with E-state index in [1.54, 1.807) is 28.8 Å². The van der Waals surface area contributed by atoms with Crippen molar-refractivity contribution in [3.05, 3.63) is 54.0 Å². The fourth-order valence-electron chi connectivity index (χ4n) is 2.18. The summed E-state index contributed by atoms with van der Waals surface area (Å²) in [7, 11) is 0. The molecule has 0 aliphatic rings. The van der Waals surface area contributed by atoms with Crippen molar-refractivity contribution < 1.29 is 19.4 Å². The van der Waals surface area contributed by atoms with Gasteiger partial charge in [0.1, 0.15) is 23.7 Å². The Labute approximate surface area is 132 Å². The Kier molecular flexibility index (Phi) is 4.09. The minimum atomic E-state index is -1.04. The van der Waals surface area contributed by atoms with Gasteiger partial charge in [0.25, 0.3) is 0 Å². The number of ether oxygens (including phenoxy) is 2. The molecule has 0 unspecified atom stereocenters. The summed E-state index contributed by atoms with van der Waals surface area (Å²) < 4.78 is 12.6. The molecule has 0 saturated heterocycles. The molecule has 1 aromatic carbocycles. The molecule has 0 saturated carbocycles. The van der Waals surface area contributed by atoms with E-state index in [0.29, 0.717) is 23.8 Å². The van der Waals surface area contributed by atoms with Crippen LogP contribution < -0.4 is 9.47 Å². The average molecular weight is 313 g/mol. The molecule has 0 amide bonds. The lowest BCUT2D eigenvalue weighted by atomic mass is 10.3. The van der Waals surface area contributed by atoms with Crippen molar-refractivity contribution in [3.8, 4) is 11.5 Å². The van der Waals surface area contributed by atoms with Gasteiger partial charge in [-0.1, -0.05) is 0 Å². The zero-order valence-corrected chi connectivity index (χ0v) is 12.5. The first-order chi connectivity index (χ1) is 11.2. The highest BCUT2D eigenvalue weighted by Gasteiger charge is 2.14. The van der Waals surface area contributed by atoms with Crippen LogP contribution in [0, 0.1) is 0 Å². The maximum Gasteiger partial charge on any atom is 0.339 e. The molecule has 2 aromatic heterocycles. The summed E-state index contributed by atoms with van der Waals surface area (Å²) in [6.07, 6.45) is 1.71. The van der Waals surface area contributed by atoms with Gasteiger partial charge in [-0.05, 0) is 43.3 Å². The number of hydrogen-bond acceptors (Lipinski definition) is 5. The minimum Gasteiger partial charge on any atom is -0.494 e. The SMILES string of the molecule is CCOc1ccc(OCc2nnc3c(C(=O)O)cccn23)cc1. The fraction of sp³-hybridized carbons (Fsp3) is 0.188. The van der Waals surface area contributed by atoms with Gasteiger partial charge in [-0.3, -0.25) is 4.40 Å². The summed E-state index contributed by atoms with van der Waals surface area (Å²) >= 11 is 0. The van der Waals surface area contributed by atoms with Gasteiger partial charge in [-0.15, -0.1) is 10.2 Å². The second-order valence-corrected chi connectivity index (χ2v) is 4.73. The van der Waals surface area contributed by atoms with Crippen LogP contribution in [0.2, 0.25) is 0 Å². The highest BCUT2D eigenvalue weighted by atomic mass is 16.5. The molecule has 118 valence electrons. The van der Waals surface area contributed by atoms with Crippen LogP contribution in [0.25, 0.3) is 5.65 Å². The number of aromatic nitrogens is 3. The third-order valence-electron chi connectivity index (χ3n) is 3.24. The maximum absolute atomic E-state index is 11.2. The molecule has 7 nitrogen and oxygen atoms in total. The Bertz CT molecular complexity index is 827. The molecule has 0 aliphatic carbocycles. The summed E-state index contributed by atoms with van der Waals surface area (Å²) in [5, 5.41) is 17.1. The lowest BCUT2D eigenvalue weighted by molar-refractivity contribution is 0.0698. The fourth-order valence-corrected chi connectivity index (χ4v) is 2.18. The van der Waals surface area contributed by atoms with Gasteiger partial charge in [-0.25, -0.2) is 4.79 Å². The van der Waals surface area contributed by atoms with Crippen molar-refractivity contribution in [2.24, 2.45) is 0 Å². The Morgan fingerprint density at radius 3 is 2.48 bits per heavy atom. The first-order valence-electron chi connectivity index (χ1n) is 7.10. The van der Waals surface area contributed by atoms with Crippen LogP contribution in [0.3, 0.4) is 0 Å². The van der Waals surface area contributed by atoms with Crippen molar-refractivity contribution in [2.75, 3.05) is 6.61 Å². The standard InChI is InChI=1S/C16H15N3O4/c1-2-22-11-5-7-12(8-6-11)23-10-14-17-18-15-13(16(20)21)4-3-9-19(14)15/h3-9H,2,10H2,1H3,(H,20,21).